The molecule has 166 valence electrons. The predicted octanol–water partition coefficient (Wildman–Crippen LogP) is 4.53. The second-order valence-corrected chi connectivity index (χ2v) is 10.6. The highest BCUT2D eigenvalue weighted by atomic mass is 35.5. The summed E-state index contributed by atoms with van der Waals surface area (Å²) in [4.78, 5) is 22.1. The zero-order valence-corrected chi connectivity index (χ0v) is 19.7. The van der Waals surface area contributed by atoms with Gasteiger partial charge in [-0.25, -0.2) is 9.19 Å². The Morgan fingerprint density at radius 1 is 1.12 bits per heavy atom. The number of likely N-dealkylation sites (tertiary alicyclic amines) is 1. The fourth-order valence-electron chi connectivity index (χ4n) is 4.52. The third-order valence-electron chi connectivity index (χ3n) is 6.13. The van der Waals surface area contributed by atoms with Crippen molar-refractivity contribution in [3.8, 4) is 0 Å². The monoisotopic (exact) mass is 486 g/mol. The molecule has 0 spiro atoms. The number of thiazole rings is 1. The Balaban J connectivity index is 1.22. The van der Waals surface area contributed by atoms with Crippen LogP contribution in [-0.2, 0) is 15.8 Å². The molecule has 2 unspecified atom stereocenters. The van der Waals surface area contributed by atoms with Crippen LogP contribution >= 0.6 is 22.9 Å². The lowest BCUT2D eigenvalue weighted by atomic mass is 9.99. The van der Waals surface area contributed by atoms with Crippen molar-refractivity contribution in [1.82, 2.24) is 9.88 Å². The molecule has 0 saturated carbocycles. The van der Waals surface area contributed by atoms with E-state index in [0.717, 1.165) is 36.6 Å². The maximum absolute atomic E-state index is 13.2. The quantitative estimate of drug-likeness (QED) is 0.556. The van der Waals surface area contributed by atoms with Crippen molar-refractivity contribution in [1.29, 1.82) is 0 Å². The van der Waals surface area contributed by atoms with Gasteiger partial charge in [-0.3, -0.25) is 14.4 Å². The number of nitrogens with one attached hydrogen (secondary N) is 1. The summed E-state index contributed by atoms with van der Waals surface area (Å²) in [5.41, 5.74) is 2.09. The first-order chi connectivity index (χ1) is 15.6. The number of rotatable bonds is 6. The summed E-state index contributed by atoms with van der Waals surface area (Å²) in [6.45, 7) is 2.49. The van der Waals surface area contributed by atoms with Gasteiger partial charge in [-0.05, 0) is 67.3 Å². The minimum Gasteiger partial charge on any atom is -0.311 e. The third kappa shape index (κ3) is 4.45. The maximum Gasteiger partial charge on any atom is 0.244 e. The second kappa shape index (κ2) is 9.31. The van der Waals surface area contributed by atoms with Crippen molar-refractivity contribution in [2.75, 3.05) is 29.3 Å². The van der Waals surface area contributed by atoms with Gasteiger partial charge in [0.15, 0.2) is 16.1 Å². The van der Waals surface area contributed by atoms with Gasteiger partial charge in [-0.2, -0.15) is 0 Å². The van der Waals surface area contributed by atoms with Gasteiger partial charge in [0.1, 0.15) is 0 Å². The Bertz CT molecular complexity index is 1120. The fraction of sp³-hybridized carbons (Fsp3) is 0.304. The van der Waals surface area contributed by atoms with Crippen LogP contribution in [0.3, 0.4) is 0 Å². The Hall–Kier alpha value is -2.26. The standard InChI is InChI=1S/C23H23ClN4O2S2/c24-18-3-1-2-16(14-18)17-8-11-27(15-17)21-9-12-28(22(21)29)19-4-6-20(7-5-19)32(30)26-23-25-10-13-31-23/h1-7,10,13-14,17,21H,8-9,11-12,15H2,(H,25,26)/t17?,21-,32?/m0/s1. The van der Waals surface area contributed by atoms with Crippen LogP contribution < -0.4 is 9.62 Å². The van der Waals surface area contributed by atoms with Crippen LogP contribution in [-0.4, -0.2) is 45.7 Å². The first-order valence-corrected chi connectivity index (χ1v) is 13.0. The number of halogens is 1. The van der Waals surface area contributed by atoms with Crippen molar-refractivity contribution in [3.63, 3.8) is 0 Å². The molecule has 2 aliphatic heterocycles. The lowest BCUT2D eigenvalue weighted by Gasteiger charge is -2.23. The lowest BCUT2D eigenvalue weighted by molar-refractivity contribution is -0.121. The van der Waals surface area contributed by atoms with Crippen LogP contribution in [0.15, 0.2) is 65.0 Å². The van der Waals surface area contributed by atoms with E-state index in [1.807, 2.05) is 40.6 Å². The number of carbonyl (C=O) groups excluding carboxylic acids is 1. The molecule has 9 heteroatoms. The van der Waals surface area contributed by atoms with Crippen LogP contribution in [0.4, 0.5) is 10.8 Å². The summed E-state index contributed by atoms with van der Waals surface area (Å²) in [5, 5.41) is 3.21. The largest absolute Gasteiger partial charge is 0.311 e. The number of aromatic nitrogens is 1. The van der Waals surface area contributed by atoms with E-state index >= 15 is 0 Å². The minimum absolute atomic E-state index is 0.0837. The molecule has 1 N–H and O–H groups in total. The Labute approximate surface area is 198 Å². The predicted molar refractivity (Wildman–Crippen MR) is 130 cm³/mol. The first-order valence-electron chi connectivity index (χ1n) is 10.6. The number of anilines is 2. The topological polar surface area (TPSA) is 65.5 Å². The van der Waals surface area contributed by atoms with Gasteiger partial charge in [-0.1, -0.05) is 23.7 Å². The van der Waals surface area contributed by atoms with Gasteiger partial charge in [0.05, 0.1) is 10.9 Å². The molecule has 3 aromatic rings. The summed E-state index contributed by atoms with van der Waals surface area (Å²) in [7, 11) is -1.39. The van der Waals surface area contributed by atoms with Gasteiger partial charge < -0.3 is 4.90 Å². The summed E-state index contributed by atoms with van der Waals surface area (Å²) >= 11 is 7.56. The molecule has 1 amide bonds. The third-order valence-corrected chi connectivity index (χ3v) is 8.26. The Morgan fingerprint density at radius 2 is 1.97 bits per heavy atom. The molecule has 1 aromatic heterocycles. The minimum atomic E-state index is -1.39. The van der Waals surface area contributed by atoms with E-state index in [2.05, 4.69) is 20.7 Å². The normalized spacial score (nSPS) is 22.4. The molecule has 2 saturated heterocycles. The summed E-state index contributed by atoms with van der Waals surface area (Å²) in [6, 6.07) is 15.3. The number of hydrogen-bond donors (Lipinski definition) is 1. The van der Waals surface area contributed by atoms with E-state index < -0.39 is 11.0 Å². The van der Waals surface area contributed by atoms with Crippen molar-refractivity contribution >= 4 is 50.6 Å². The van der Waals surface area contributed by atoms with E-state index in [4.69, 9.17) is 11.6 Å². The first kappa shape index (κ1) is 21.6. The Morgan fingerprint density at radius 3 is 2.72 bits per heavy atom. The molecule has 32 heavy (non-hydrogen) atoms. The summed E-state index contributed by atoms with van der Waals surface area (Å²) in [5.74, 6) is 0.557. The SMILES string of the molecule is O=C1[C@@H](N2CCC(c3cccc(Cl)c3)C2)CCN1c1ccc(S(=O)Nc2nccs2)cc1. The number of benzene rings is 2. The second-order valence-electron chi connectivity index (χ2n) is 8.03. The van der Waals surface area contributed by atoms with Gasteiger partial charge in [0, 0.05) is 35.4 Å². The van der Waals surface area contributed by atoms with Crippen molar-refractivity contribution in [3.05, 3.63) is 70.7 Å². The molecule has 0 bridgehead atoms. The highest BCUT2D eigenvalue weighted by Gasteiger charge is 2.39. The molecule has 6 nitrogen and oxygen atoms in total. The zero-order valence-electron chi connectivity index (χ0n) is 17.3. The van der Waals surface area contributed by atoms with E-state index in [0.29, 0.717) is 22.5 Å². The van der Waals surface area contributed by atoms with Gasteiger partial charge in [0.2, 0.25) is 5.91 Å². The van der Waals surface area contributed by atoms with Gasteiger partial charge >= 0.3 is 0 Å². The summed E-state index contributed by atoms with van der Waals surface area (Å²) in [6.07, 6.45) is 3.53. The fourth-order valence-corrected chi connectivity index (χ4v) is 6.23. The van der Waals surface area contributed by atoms with Crippen LogP contribution in [0.2, 0.25) is 5.02 Å². The van der Waals surface area contributed by atoms with E-state index in [9.17, 15) is 9.00 Å². The molecule has 0 radical (unpaired) electrons. The Kier molecular flexibility index (Phi) is 6.28. The molecule has 2 fully saturated rings. The van der Waals surface area contributed by atoms with Gasteiger partial charge in [0.25, 0.3) is 0 Å². The van der Waals surface area contributed by atoms with Crippen molar-refractivity contribution in [2.24, 2.45) is 0 Å². The number of carbonyl (C=O) groups is 1. The van der Waals surface area contributed by atoms with E-state index in [1.54, 1.807) is 18.3 Å². The molecule has 2 aliphatic rings. The summed E-state index contributed by atoms with van der Waals surface area (Å²) < 4.78 is 15.4. The highest BCUT2D eigenvalue weighted by molar-refractivity contribution is 7.86. The molecule has 3 heterocycles. The molecular weight excluding hydrogens is 464 g/mol. The average molecular weight is 487 g/mol. The van der Waals surface area contributed by atoms with Gasteiger partial charge in [-0.15, -0.1) is 11.3 Å². The average Bonchev–Trinajstić information content (AvgIpc) is 3.55. The maximum atomic E-state index is 13.2. The number of amides is 1. The molecule has 0 aliphatic carbocycles. The molecule has 2 aromatic carbocycles. The molecule has 5 rings (SSSR count). The smallest absolute Gasteiger partial charge is 0.244 e. The van der Waals surface area contributed by atoms with Crippen molar-refractivity contribution < 1.29 is 9.00 Å². The number of hydrogen-bond acceptors (Lipinski definition) is 5. The molecule has 3 atom stereocenters. The lowest BCUT2D eigenvalue weighted by Crippen LogP contribution is -2.40. The number of nitrogens with zero attached hydrogens (tertiary/aromatic N) is 3. The van der Waals surface area contributed by atoms with Crippen LogP contribution in [0.1, 0.15) is 24.3 Å². The zero-order chi connectivity index (χ0) is 22.1. The van der Waals surface area contributed by atoms with Crippen LogP contribution in [0.25, 0.3) is 0 Å². The van der Waals surface area contributed by atoms with E-state index in [1.165, 1.54) is 16.9 Å². The van der Waals surface area contributed by atoms with Crippen LogP contribution in [0, 0.1) is 0 Å². The van der Waals surface area contributed by atoms with Crippen molar-refractivity contribution in [2.45, 2.75) is 29.7 Å². The van der Waals surface area contributed by atoms with E-state index in [-0.39, 0.29) is 11.9 Å². The van der Waals surface area contributed by atoms with Crippen LogP contribution in [0.5, 0.6) is 0 Å². The highest BCUT2D eigenvalue weighted by Crippen LogP contribution is 2.33. The molecular formula is C23H23ClN4O2S2.